The zero-order chi connectivity index (χ0) is 32.7. The molecule has 0 aliphatic carbocycles. The van der Waals surface area contributed by atoms with Gasteiger partial charge in [0.05, 0.1) is 25.5 Å². The second-order valence-electron chi connectivity index (χ2n) is 9.19. The Morgan fingerprint density at radius 1 is 0.628 bits per heavy atom. The van der Waals surface area contributed by atoms with Gasteiger partial charge in [-0.15, -0.1) is 0 Å². The van der Waals surface area contributed by atoms with E-state index in [1.165, 1.54) is 0 Å². The highest BCUT2D eigenvalue weighted by Crippen LogP contribution is 2.05. The second-order valence-corrected chi connectivity index (χ2v) is 9.19. The summed E-state index contributed by atoms with van der Waals surface area (Å²) in [6.45, 7) is -1.12. The van der Waals surface area contributed by atoms with E-state index in [1.807, 2.05) is 10.6 Å². The maximum absolute atomic E-state index is 13.0. The van der Waals surface area contributed by atoms with Crippen molar-refractivity contribution in [2.24, 2.45) is 5.73 Å². The fourth-order valence-electron chi connectivity index (χ4n) is 3.55. The molecular formula is C25H33N5O13. The molecule has 18 heteroatoms. The minimum absolute atomic E-state index is 0.0392. The van der Waals surface area contributed by atoms with E-state index in [1.54, 1.807) is 30.3 Å². The Bertz CT molecular complexity index is 1190. The third kappa shape index (κ3) is 13.4. The van der Waals surface area contributed by atoms with E-state index in [9.17, 15) is 48.6 Å². The third-order valence-electron chi connectivity index (χ3n) is 5.74. The van der Waals surface area contributed by atoms with Gasteiger partial charge in [0.2, 0.25) is 23.6 Å². The number of carboxylic acids is 4. The van der Waals surface area contributed by atoms with Crippen molar-refractivity contribution < 1.29 is 63.9 Å². The van der Waals surface area contributed by atoms with Crippen LogP contribution in [0.4, 0.5) is 0 Å². The summed E-state index contributed by atoms with van der Waals surface area (Å²) in [5.74, 6) is -10.9. The molecule has 0 saturated heterocycles. The van der Waals surface area contributed by atoms with E-state index in [2.05, 4.69) is 10.6 Å². The van der Waals surface area contributed by atoms with Gasteiger partial charge in [-0.3, -0.25) is 33.6 Å². The molecule has 43 heavy (non-hydrogen) atoms. The van der Waals surface area contributed by atoms with Gasteiger partial charge < -0.3 is 52.5 Å². The van der Waals surface area contributed by atoms with E-state index < -0.39 is 110 Å². The minimum atomic E-state index is -1.92. The first-order valence-corrected chi connectivity index (χ1v) is 12.6. The number of rotatable bonds is 19. The van der Waals surface area contributed by atoms with Gasteiger partial charge in [0, 0.05) is 6.42 Å². The molecule has 4 amide bonds. The van der Waals surface area contributed by atoms with E-state index in [0.29, 0.717) is 5.56 Å². The Balaban J connectivity index is 3.05. The first kappa shape index (κ1) is 35.9. The van der Waals surface area contributed by atoms with E-state index in [4.69, 9.17) is 21.1 Å². The van der Waals surface area contributed by atoms with Gasteiger partial charge in [0.25, 0.3) is 0 Å². The van der Waals surface area contributed by atoms with E-state index in [-0.39, 0.29) is 6.42 Å². The van der Waals surface area contributed by atoms with Gasteiger partial charge in [-0.05, 0) is 18.4 Å². The Morgan fingerprint density at radius 3 is 1.60 bits per heavy atom. The number of carbonyl (C=O) groups excluding carboxylic acids is 4. The summed E-state index contributed by atoms with van der Waals surface area (Å²) in [6, 6.07) is 0.0237. The van der Waals surface area contributed by atoms with Crippen LogP contribution in [0.3, 0.4) is 0 Å². The number of hydrogen-bond donors (Lipinski definition) is 10. The summed E-state index contributed by atoms with van der Waals surface area (Å²) < 4.78 is 0. The van der Waals surface area contributed by atoms with Crippen molar-refractivity contribution in [3.8, 4) is 0 Å². The Labute approximate surface area is 243 Å². The number of aliphatic carboxylic acids is 4. The van der Waals surface area contributed by atoms with Crippen LogP contribution in [0.15, 0.2) is 30.3 Å². The zero-order valence-electron chi connectivity index (χ0n) is 22.6. The van der Waals surface area contributed by atoms with Crippen LogP contribution in [0, 0.1) is 0 Å². The topological polar surface area (TPSA) is 312 Å². The quantitative estimate of drug-likeness (QED) is 0.0722. The highest BCUT2D eigenvalue weighted by molar-refractivity contribution is 5.97. The molecule has 236 valence electrons. The van der Waals surface area contributed by atoms with Crippen molar-refractivity contribution in [3.63, 3.8) is 0 Å². The maximum Gasteiger partial charge on any atom is 0.326 e. The van der Waals surface area contributed by atoms with Crippen LogP contribution in [-0.2, 0) is 44.8 Å². The summed E-state index contributed by atoms with van der Waals surface area (Å²) in [4.78, 5) is 95.5. The first-order chi connectivity index (χ1) is 20.1. The van der Waals surface area contributed by atoms with Crippen LogP contribution in [-0.4, -0.2) is 110 Å². The second kappa shape index (κ2) is 17.7. The highest BCUT2D eigenvalue weighted by atomic mass is 16.4. The molecule has 0 aliphatic rings. The van der Waals surface area contributed by atoms with Crippen LogP contribution < -0.4 is 27.0 Å². The lowest BCUT2D eigenvalue weighted by atomic mass is 10.0. The number of aliphatic hydroxyl groups is 1. The molecule has 1 rings (SSSR count). The SMILES string of the molecule is N[C@@H](Cc1ccccc1)C(=O)N[C@@H](CC(=O)O)C(=O)N[C@@H](CCC(=O)O)C(=O)N[C@@H](CO)C(=O)N[C@@H](CC(=O)O)C(=O)O. The van der Waals surface area contributed by atoms with Crippen molar-refractivity contribution >= 4 is 47.5 Å². The molecule has 1 aromatic carbocycles. The largest absolute Gasteiger partial charge is 0.481 e. The molecule has 0 fully saturated rings. The number of hydrogen-bond acceptors (Lipinski definition) is 10. The number of carbonyl (C=O) groups is 8. The maximum atomic E-state index is 13.0. The van der Waals surface area contributed by atoms with Crippen molar-refractivity contribution in [1.29, 1.82) is 0 Å². The standard InChI is InChI=1S/C25H33N5O13/c26-13(8-12-4-2-1-3-5-12)21(38)28-15(9-19(34)35)23(40)27-14(6-7-18(32)33)22(39)30-17(11-31)24(41)29-16(25(42)43)10-20(36)37/h1-5,13-17,31H,6-11,26H2,(H,27,40)(H,28,38)(H,29,41)(H,30,39)(H,32,33)(H,34,35)(H,36,37)(H,42,43)/t13-,14-,15-,16-,17-/m0/s1. The average Bonchev–Trinajstić information content (AvgIpc) is 2.92. The normalized spacial score (nSPS) is 14.1. The highest BCUT2D eigenvalue weighted by Gasteiger charge is 2.33. The van der Waals surface area contributed by atoms with Crippen LogP contribution in [0.5, 0.6) is 0 Å². The molecule has 0 aliphatic heterocycles. The Kier molecular flexibility index (Phi) is 14.8. The fraction of sp³-hybridized carbons (Fsp3) is 0.440. The molecule has 0 unspecified atom stereocenters. The predicted molar refractivity (Wildman–Crippen MR) is 142 cm³/mol. The average molecular weight is 612 g/mol. The van der Waals surface area contributed by atoms with Crippen LogP contribution in [0.25, 0.3) is 0 Å². The molecule has 18 nitrogen and oxygen atoms in total. The number of aliphatic hydroxyl groups excluding tert-OH is 1. The monoisotopic (exact) mass is 611 g/mol. The lowest BCUT2D eigenvalue weighted by Crippen LogP contribution is -2.59. The van der Waals surface area contributed by atoms with Gasteiger partial charge in [-0.2, -0.15) is 0 Å². The van der Waals surface area contributed by atoms with Gasteiger partial charge in [0.15, 0.2) is 0 Å². The molecule has 0 aromatic heterocycles. The molecule has 0 radical (unpaired) electrons. The molecular weight excluding hydrogens is 578 g/mol. The zero-order valence-corrected chi connectivity index (χ0v) is 22.6. The summed E-state index contributed by atoms with van der Waals surface area (Å²) in [5, 5.41) is 53.8. The van der Waals surface area contributed by atoms with E-state index >= 15 is 0 Å². The molecule has 0 bridgehead atoms. The molecule has 0 saturated carbocycles. The van der Waals surface area contributed by atoms with Crippen molar-refractivity contribution in [1.82, 2.24) is 21.3 Å². The number of nitrogens with two attached hydrogens (primary N) is 1. The summed E-state index contributed by atoms with van der Waals surface area (Å²) in [5.41, 5.74) is 6.56. The predicted octanol–water partition coefficient (Wildman–Crippen LogP) is -3.61. The summed E-state index contributed by atoms with van der Waals surface area (Å²) in [6.07, 6.45) is -3.24. The van der Waals surface area contributed by atoms with Crippen LogP contribution >= 0.6 is 0 Å². The lowest BCUT2D eigenvalue weighted by Gasteiger charge is -2.25. The van der Waals surface area contributed by atoms with Gasteiger partial charge in [0.1, 0.15) is 24.2 Å². The van der Waals surface area contributed by atoms with Crippen LogP contribution in [0.1, 0.15) is 31.2 Å². The number of nitrogens with one attached hydrogen (secondary N) is 4. The van der Waals surface area contributed by atoms with E-state index in [0.717, 1.165) is 0 Å². The minimum Gasteiger partial charge on any atom is -0.481 e. The Hall–Kier alpha value is -5.10. The van der Waals surface area contributed by atoms with Gasteiger partial charge in [-0.1, -0.05) is 30.3 Å². The molecule has 5 atom stereocenters. The van der Waals surface area contributed by atoms with Crippen molar-refractivity contribution in [2.75, 3.05) is 6.61 Å². The number of amides is 4. The molecule has 0 spiro atoms. The first-order valence-electron chi connectivity index (χ1n) is 12.6. The molecule has 1 aromatic rings. The lowest BCUT2D eigenvalue weighted by molar-refractivity contribution is -0.147. The molecule has 11 N–H and O–H groups in total. The third-order valence-corrected chi connectivity index (χ3v) is 5.74. The van der Waals surface area contributed by atoms with Gasteiger partial charge in [-0.25, -0.2) is 4.79 Å². The van der Waals surface area contributed by atoms with Crippen molar-refractivity contribution in [2.45, 2.75) is 62.3 Å². The Morgan fingerprint density at radius 2 is 1.09 bits per heavy atom. The summed E-state index contributed by atoms with van der Waals surface area (Å²) >= 11 is 0. The molecule has 0 heterocycles. The van der Waals surface area contributed by atoms with Crippen LogP contribution in [0.2, 0.25) is 0 Å². The summed E-state index contributed by atoms with van der Waals surface area (Å²) in [7, 11) is 0. The number of benzene rings is 1. The smallest absolute Gasteiger partial charge is 0.326 e. The fourth-order valence-corrected chi connectivity index (χ4v) is 3.55. The van der Waals surface area contributed by atoms with Gasteiger partial charge >= 0.3 is 23.9 Å². The number of carboxylic acid groups (broad SMARTS) is 4. The van der Waals surface area contributed by atoms with Crippen molar-refractivity contribution in [3.05, 3.63) is 35.9 Å².